The van der Waals surface area contributed by atoms with Crippen LogP contribution < -0.4 is 0 Å². The number of benzene rings is 1. The molecule has 0 saturated carbocycles. The third kappa shape index (κ3) is 4.44. The predicted molar refractivity (Wildman–Crippen MR) is 60.7 cm³/mol. The Morgan fingerprint density at radius 3 is 2.62 bits per heavy atom. The molecule has 5 heteroatoms. The molecule has 88 valence electrons. The Morgan fingerprint density at radius 1 is 1.31 bits per heavy atom. The van der Waals surface area contributed by atoms with Crippen LogP contribution in [-0.2, 0) is 20.3 Å². The van der Waals surface area contributed by atoms with Crippen LogP contribution in [0.1, 0.15) is 6.42 Å². The molecule has 0 heterocycles. The van der Waals surface area contributed by atoms with Gasteiger partial charge < -0.3 is 9.47 Å². The van der Waals surface area contributed by atoms with E-state index >= 15 is 0 Å². The van der Waals surface area contributed by atoms with Gasteiger partial charge in [0.15, 0.2) is 0 Å². The van der Waals surface area contributed by atoms with Gasteiger partial charge in [0, 0.05) is 10.6 Å². The van der Waals surface area contributed by atoms with Crippen LogP contribution in [0.3, 0.4) is 0 Å². The molecule has 0 fully saturated rings. The molecule has 16 heavy (non-hydrogen) atoms. The van der Waals surface area contributed by atoms with E-state index in [1.54, 1.807) is 0 Å². The van der Waals surface area contributed by atoms with E-state index in [0.717, 1.165) is 4.90 Å². The Kier molecular flexibility index (Phi) is 5.56. The van der Waals surface area contributed by atoms with Crippen molar-refractivity contribution < 1.29 is 18.5 Å². The molecule has 0 spiro atoms. The van der Waals surface area contributed by atoms with Gasteiger partial charge in [0.1, 0.15) is 0 Å². The Hall–Kier alpha value is -1.36. The molecule has 0 radical (unpaired) electrons. The summed E-state index contributed by atoms with van der Waals surface area (Å²) in [6.07, 6.45) is -0.151. The zero-order valence-electron chi connectivity index (χ0n) is 9.05. The lowest BCUT2D eigenvalue weighted by molar-refractivity contribution is 0.0730. The number of hydrogen-bond acceptors (Lipinski definition) is 4. The minimum atomic E-state index is -1.03. The third-order valence-electron chi connectivity index (χ3n) is 1.87. The van der Waals surface area contributed by atoms with Gasteiger partial charge in [-0.15, -0.1) is 0 Å². The topological polar surface area (TPSA) is 52.6 Å². The zero-order valence-corrected chi connectivity index (χ0v) is 9.87. The molecule has 1 atom stereocenters. The number of rotatable bonds is 5. The zero-order chi connectivity index (χ0) is 11.8. The maximum absolute atomic E-state index is 11.7. The van der Waals surface area contributed by atoms with Crippen molar-refractivity contribution in [3.8, 4) is 0 Å². The van der Waals surface area contributed by atoms with Gasteiger partial charge in [0.2, 0.25) is 0 Å². The van der Waals surface area contributed by atoms with E-state index in [4.69, 9.17) is 0 Å². The minimum Gasteiger partial charge on any atom is -0.438 e. The Labute approximate surface area is 97.0 Å². The summed E-state index contributed by atoms with van der Waals surface area (Å²) in [5.41, 5.74) is 0. The first kappa shape index (κ1) is 12.7. The third-order valence-corrected chi connectivity index (χ3v) is 3.32. The lowest BCUT2D eigenvalue weighted by atomic mass is 10.4. The summed E-state index contributed by atoms with van der Waals surface area (Å²) in [6, 6.07) is 9.20. The summed E-state index contributed by atoms with van der Waals surface area (Å²) in [5, 5.41) is 0. The minimum absolute atomic E-state index is 0.227. The first-order valence-electron chi connectivity index (χ1n) is 4.88. The van der Waals surface area contributed by atoms with Gasteiger partial charge in [0.25, 0.3) is 0 Å². The van der Waals surface area contributed by atoms with Crippen molar-refractivity contribution >= 4 is 17.0 Å². The molecular formula is C11H14O4S. The smallest absolute Gasteiger partial charge is 0.438 e. The van der Waals surface area contributed by atoms with Crippen LogP contribution >= 0.6 is 0 Å². The number of methoxy groups -OCH3 is 1. The van der Waals surface area contributed by atoms with E-state index in [9.17, 15) is 9.00 Å². The highest BCUT2D eigenvalue weighted by Crippen LogP contribution is 2.06. The van der Waals surface area contributed by atoms with E-state index < -0.39 is 17.0 Å². The van der Waals surface area contributed by atoms with Gasteiger partial charge in [-0.3, -0.25) is 4.21 Å². The monoisotopic (exact) mass is 242 g/mol. The lowest BCUT2D eigenvalue weighted by Crippen LogP contribution is -2.08. The summed E-state index contributed by atoms with van der Waals surface area (Å²) in [5.74, 6) is 0.473. The van der Waals surface area contributed by atoms with Gasteiger partial charge in [-0.1, -0.05) is 18.2 Å². The molecule has 1 unspecified atom stereocenters. The fourth-order valence-electron chi connectivity index (χ4n) is 1.09. The molecule has 0 saturated heterocycles. The lowest BCUT2D eigenvalue weighted by Gasteiger charge is -2.03. The maximum atomic E-state index is 11.7. The van der Waals surface area contributed by atoms with Gasteiger partial charge >= 0.3 is 6.16 Å². The van der Waals surface area contributed by atoms with Crippen LogP contribution in [0, 0.1) is 0 Å². The predicted octanol–water partition coefficient (Wildman–Crippen LogP) is 1.97. The van der Waals surface area contributed by atoms with Crippen LogP contribution in [0.15, 0.2) is 35.2 Å². The van der Waals surface area contributed by atoms with Crippen LogP contribution in [0.25, 0.3) is 0 Å². The molecular weight excluding hydrogens is 228 g/mol. The Morgan fingerprint density at radius 2 is 2.00 bits per heavy atom. The van der Waals surface area contributed by atoms with E-state index in [1.807, 2.05) is 30.3 Å². The molecule has 1 aromatic carbocycles. The van der Waals surface area contributed by atoms with Gasteiger partial charge in [-0.05, 0) is 18.6 Å². The fraction of sp³-hybridized carbons (Fsp3) is 0.364. The summed E-state index contributed by atoms with van der Waals surface area (Å²) in [6.45, 7) is 0.227. The molecule has 4 nitrogen and oxygen atoms in total. The molecule has 0 aromatic heterocycles. The summed E-state index contributed by atoms with van der Waals surface area (Å²) < 4.78 is 20.7. The quantitative estimate of drug-likeness (QED) is 0.585. The Bertz CT molecular complexity index is 350. The van der Waals surface area contributed by atoms with Crippen LogP contribution in [0.5, 0.6) is 0 Å². The maximum Gasteiger partial charge on any atom is 0.507 e. The number of ether oxygens (including phenoxy) is 2. The summed E-state index contributed by atoms with van der Waals surface area (Å²) >= 11 is 0. The standard InChI is InChI=1S/C11H14O4S/c1-14-11(12)15-8-5-9-16(13)10-6-3-2-4-7-10/h2-4,6-7H,5,8-9H2,1H3. The number of hydrogen-bond donors (Lipinski definition) is 0. The van der Waals surface area contributed by atoms with Gasteiger partial charge in [0.05, 0.1) is 24.5 Å². The fourth-order valence-corrected chi connectivity index (χ4v) is 2.17. The second-order valence-corrected chi connectivity index (χ2v) is 4.59. The largest absolute Gasteiger partial charge is 0.507 e. The SMILES string of the molecule is COC(=O)OCCCS(=O)c1ccccc1. The second-order valence-electron chi connectivity index (χ2n) is 3.02. The molecule has 0 bridgehead atoms. The van der Waals surface area contributed by atoms with Crippen molar-refractivity contribution in [3.63, 3.8) is 0 Å². The van der Waals surface area contributed by atoms with Crippen molar-refractivity contribution in [1.82, 2.24) is 0 Å². The molecule has 1 aromatic rings. The van der Waals surface area contributed by atoms with E-state index in [1.165, 1.54) is 7.11 Å². The molecule has 0 aliphatic heterocycles. The van der Waals surface area contributed by atoms with Crippen molar-refractivity contribution in [1.29, 1.82) is 0 Å². The molecule has 0 aliphatic carbocycles. The van der Waals surface area contributed by atoms with Crippen molar-refractivity contribution in [2.75, 3.05) is 19.5 Å². The average molecular weight is 242 g/mol. The first-order chi connectivity index (χ1) is 7.74. The van der Waals surface area contributed by atoms with Crippen molar-refractivity contribution in [3.05, 3.63) is 30.3 Å². The number of carbonyl (C=O) groups is 1. The molecule has 0 aliphatic rings. The van der Waals surface area contributed by atoms with Gasteiger partial charge in [-0.25, -0.2) is 4.79 Å². The van der Waals surface area contributed by atoms with Crippen molar-refractivity contribution in [2.24, 2.45) is 0 Å². The highest BCUT2D eigenvalue weighted by molar-refractivity contribution is 7.85. The average Bonchev–Trinajstić information content (AvgIpc) is 2.35. The molecule has 1 rings (SSSR count). The highest BCUT2D eigenvalue weighted by atomic mass is 32.2. The van der Waals surface area contributed by atoms with E-state index in [-0.39, 0.29) is 6.61 Å². The van der Waals surface area contributed by atoms with Crippen LogP contribution in [0.4, 0.5) is 4.79 Å². The first-order valence-corrected chi connectivity index (χ1v) is 6.20. The summed E-state index contributed by atoms with van der Waals surface area (Å²) in [7, 11) is 0.222. The molecule has 0 N–H and O–H groups in total. The van der Waals surface area contributed by atoms with Crippen LogP contribution in [0.2, 0.25) is 0 Å². The van der Waals surface area contributed by atoms with Crippen LogP contribution in [-0.4, -0.2) is 29.8 Å². The van der Waals surface area contributed by atoms with E-state index in [0.29, 0.717) is 12.2 Å². The number of carbonyl (C=O) groups excluding carboxylic acids is 1. The highest BCUT2D eigenvalue weighted by Gasteiger charge is 2.04. The summed E-state index contributed by atoms with van der Waals surface area (Å²) in [4.78, 5) is 11.4. The van der Waals surface area contributed by atoms with Crippen molar-refractivity contribution in [2.45, 2.75) is 11.3 Å². The second kappa shape index (κ2) is 7.00. The normalized spacial score (nSPS) is 11.8. The van der Waals surface area contributed by atoms with E-state index in [2.05, 4.69) is 9.47 Å². The van der Waals surface area contributed by atoms with Gasteiger partial charge in [-0.2, -0.15) is 0 Å². The Balaban J connectivity index is 2.24. The molecule has 0 amide bonds.